The van der Waals surface area contributed by atoms with E-state index in [1.54, 1.807) is 12.4 Å². The molecule has 10 aromatic rings. The van der Waals surface area contributed by atoms with E-state index in [9.17, 15) is 0 Å². The second-order valence-corrected chi connectivity index (χ2v) is 13.6. The fourth-order valence-electron chi connectivity index (χ4n) is 8.44. The van der Waals surface area contributed by atoms with Crippen molar-refractivity contribution < 1.29 is 0 Å². The van der Waals surface area contributed by atoms with Crippen molar-refractivity contribution in [3.8, 4) is 22.5 Å². The Hall–Kier alpha value is -6.96. The Balaban J connectivity index is 1.32. The Morgan fingerprint density at radius 1 is 0.577 bits per heavy atom. The molecule has 0 radical (unpaired) electrons. The highest BCUT2D eigenvalue weighted by Gasteiger charge is 2.23. The number of hydrogen-bond donors (Lipinski definition) is 0. The summed E-state index contributed by atoms with van der Waals surface area (Å²) in [7, 11) is 0. The molecule has 0 unspecified atom stereocenters. The molecule has 4 nitrogen and oxygen atoms in total. The molecular formula is C48H30N4. The molecule has 4 heteroatoms. The molecular weight excluding hydrogens is 633 g/mol. The molecule has 0 fully saturated rings. The van der Waals surface area contributed by atoms with E-state index in [4.69, 9.17) is 9.97 Å². The van der Waals surface area contributed by atoms with Crippen LogP contribution in [-0.2, 0) is 0 Å². The minimum absolute atomic E-state index is 0.863. The van der Waals surface area contributed by atoms with Gasteiger partial charge in [0.25, 0.3) is 0 Å². The molecule has 3 aromatic heterocycles. The summed E-state index contributed by atoms with van der Waals surface area (Å²) in [5.41, 5.74) is 13.3. The highest BCUT2D eigenvalue weighted by atomic mass is 15.0. The standard InChI is InChI=1S/C48H30N4/c1-4-14-31(15-5-1)37-28-47-48(36-22-11-10-20-34(36)37)40-26-39-35-21-12-13-23-43(35)52(45(39)30-46(40)51(47)33-18-8-3-9-19-33)44-29-42-41(49-24-25-50-42)27-38(44)32-16-6-2-7-17-32/h1-6,8-12,14-16,18-22,24-30H,7,17H2. The van der Waals surface area contributed by atoms with Crippen molar-refractivity contribution in [3.63, 3.8) is 0 Å². The summed E-state index contributed by atoms with van der Waals surface area (Å²) in [6.45, 7) is 0. The van der Waals surface area contributed by atoms with E-state index >= 15 is 0 Å². The van der Waals surface area contributed by atoms with Crippen LogP contribution in [0.2, 0.25) is 0 Å². The maximum absolute atomic E-state index is 4.76. The van der Waals surface area contributed by atoms with E-state index in [1.165, 1.54) is 49.1 Å². The Morgan fingerprint density at radius 3 is 2.13 bits per heavy atom. The van der Waals surface area contributed by atoms with Crippen LogP contribution in [0.1, 0.15) is 18.4 Å². The van der Waals surface area contributed by atoms with Gasteiger partial charge >= 0.3 is 0 Å². The van der Waals surface area contributed by atoms with Gasteiger partial charge < -0.3 is 9.13 Å². The topological polar surface area (TPSA) is 35.6 Å². The molecule has 3 heterocycles. The fraction of sp³-hybridized carbons (Fsp3) is 0.0417. The second kappa shape index (κ2) is 11.3. The van der Waals surface area contributed by atoms with Gasteiger partial charge in [0.1, 0.15) is 5.52 Å². The lowest BCUT2D eigenvalue weighted by atomic mass is 9.94. The number of hydrogen-bond acceptors (Lipinski definition) is 2. The summed E-state index contributed by atoms with van der Waals surface area (Å²) in [6, 6.07) is 53.0. The smallest absolute Gasteiger partial charge is 0.105 e. The van der Waals surface area contributed by atoms with E-state index in [2.05, 4.69) is 161 Å². The summed E-state index contributed by atoms with van der Waals surface area (Å²) in [5.74, 6) is 0. The van der Waals surface area contributed by atoms with E-state index < -0.39 is 0 Å². The molecule has 0 N–H and O–H groups in total. The second-order valence-electron chi connectivity index (χ2n) is 13.6. The van der Waals surface area contributed by atoms with Crippen LogP contribution in [0.15, 0.2) is 158 Å². The highest BCUT2D eigenvalue weighted by molar-refractivity contribution is 6.27. The van der Waals surface area contributed by atoms with Crippen LogP contribution >= 0.6 is 0 Å². The summed E-state index contributed by atoms with van der Waals surface area (Å²) in [4.78, 5) is 9.48. The Morgan fingerprint density at radius 2 is 1.33 bits per heavy atom. The minimum atomic E-state index is 0.863. The lowest BCUT2D eigenvalue weighted by Gasteiger charge is -2.18. The summed E-state index contributed by atoms with van der Waals surface area (Å²) >= 11 is 0. The third-order valence-corrected chi connectivity index (χ3v) is 10.7. The van der Waals surface area contributed by atoms with Crippen molar-refractivity contribution in [3.05, 3.63) is 176 Å². The molecule has 0 bridgehead atoms. The zero-order valence-corrected chi connectivity index (χ0v) is 28.2. The van der Waals surface area contributed by atoms with Crippen LogP contribution in [0.25, 0.3) is 93.5 Å². The van der Waals surface area contributed by atoms with E-state index in [0.29, 0.717) is 0 Å². The van der Waals surface area contributed by atoms with Gasteiger partial charge in [-0.05, 0) is 101 Å². The van der Waals surface area contributed by atoms with Crippen molar-refractivity contribution in [2.45, 2.75) is 12.8 Å². The number of rotatable bonds is 4. The van der Waals surface area contributed by atoms with Gasteiger partial charge in [-0.15, -0.1) is 0 Å². The first-order valence-electron chi connectivity index (χ1n) is 17.8. The van der Waals surface area contributed by atoms with Gasteiger partial charge in [-0.25, -0.2) is 0 Å². The molecule has 0 spiro atoms. The zero-order chi connectivity index (χ0) is 34.2. The molecule has 0 atom stereocenters. The summed E-state index contributed by atoms with van der Waals surface area (Å²) in [5, 5.41) is 7.29. The minimum Gasteiger partial charge on any atom is -0.309 e. The highest BCUT2D eigenvalue weighted by Crippen LogP contribution is 2.45. The fourth-order valence-corrected chi connectivity index (χ4v) is 8.44. The quantitative estimate of drug-likeness (QED) is 0.188. The first-order chi connectivity index (χ1) is 25.8. The van der Waals surface area contributed by atoms with Crippen molar-refractivity contribution in [1.29, 1.82) is 0 Å². The predicted molar refractivity (Wildman–Crippen MR) is 215 cm³/mol. The molecule has 7 aromatic carbocycles. The zero-order valence-electron chi connectivity index (χ0n) is 28.2. The van der Waals surface area contributed by atoms with Gasteiger partial charge in [-0.1, -0.05) is 97.1 Å². The van der Waals surface area contributed by atoms with Crippen molar-refractivity contribution in [2.24, 2.45) is 0 Å². The van der Waals surface area contributed by atoms with Gasteiger partial charge in [-0.2, -0.15) is 0 Å². The summed E-state index contributed by atoms with van der Waals surface area (Å²) in [6.07, 6.45) is 12.2. The molecule has 11 rings (SSSR count). The SMILES string of the molecule is c1ccc2c3cc4c5c6ccccc6c(-c6ccccc6)cc5n(-c5ccccc5)c4cc3n(-c3cc4nccnc4cc3C3=CC=CCC3)c2c#1. The van der Waals surface area contributed by atoms with Crippen LogP contribution in [0.5, 0.6) is 0 Å². The Kier molecular flexibility index (Phi) is 6.26. The van der Waals surface area contributed by atoms with Gasteiger partial charge in [0.05, 0.1) is 33.3 Å². The number of fused-ring (bicyclic) bond motifs is 9. The number of para-hydroxylation sites is 1. The molecule has 242 valence electrons. The number of allylic oxidation sites excluding steroid dienone is 4. The third-order valence-electron chi connectivity index (χ3n) is 10.7. The van der Waals surface area contributed by atoms with Crippen LogP contribution in [-0.4, -0.2) is 19.1 Å². The Labute approximate surface area is 300 Å². The van der Waals surface area contributed by atoms with Crippen LogP contribution in [0.4, 0.5) is 0 Å². The number of benzene rings is 6. The average Bonchev–Trinajstić information content (AvgIpc) is 3.72. The van der Waals surface area contributed by atoms with E-state index in [1.807, 2.05) is 6.07 Å². The molecule has 52 heavy (non-hydrogen) atoms. The van der Waals surface area contributed by atoms with E-state index in [0.717, 1.165) is 62.7 Å². The first-order valence-corrected chi connectivity index (χ1v) is 17.8. The van der Waals surface area contributed by atoms with Gasteiger partial charge in [0.2, 0.25) is 0 Å². The third kappa shape index (κ3) is 4.23. The molecule has 0 aliphatic heterocycles. The lowest BCUT2D eigenvalue weighted by molar-refractivity contribution is 1.05. The molecule has 0 saturated heterocycles. The van der Waals surface area contributed by atoms with Crippen LogP contribution < -0.4 is 0 Å². The Bertz CT molecular complexity index is 3110. The van der Waals surface area contributed by atoms with Crippen LogP contribution in [0.3, 0.4) is 0 Å². The molecule has 0 saturated carbocycles. The number of aromatic nitrogens is 4. The maximum atomic E-state index is 4.76. The largest absolute Gasteiger partial charge is 0.309 e. The normalized spacial score (nSPS) is 13.1. The average molecular weight is 663 g/mol. The van der Waals surface area contributed by atoms with Crippen LogP contribution in [0, 0.1) is 12.1 Å². The predicted octanol–water partition coefficient (Wildman–Crippen LogP) is 12.0. The maximum Gasteiger partial charge on any atom is 0.105 e. The van der Waals surface area contributed by atoms with Crippen molar-refractivity contribution in [2.75, 3.05) is 0 Å². The van der Waals surface area contributed by atoms with Gasteiger partial charge in [-0.3, -0.25) is 9.97 Å². The lowest BCUT2D eigenvalue weighted by Crippen LogP contribution is -2.02. The van der Waals surface area contributed by atoms with E-state index in [-0.39, 0.29) is 0 Å². The van der Waals surface area contributed by atoms with Gasteiger partial charge in [0.15, 0.2) is 0 Å². The summed E-state index contributed by atoms with van der Waals surface area (Å²) < 4.78 is 4.83. The van der Waals surface area contributed by atoms with Gasteiger partial charge in [0, 0.05) is 45.2 Å². The van der Waals surface area contributed by atoms with Crippen molar-refractivity contribution in [1.82, 2.24) is 19.1 Å². The molecule has 1 aliphatic carbocycles. The van der Waals surface area contributed by atoms with Crippen molar-refractivity contribution >= 4 is 71.0 Å². The first kappa shape index (κ1) is 28.8. The molecule has 0 amide bonds. The monoisotopic (exact) mass is 662 g/mol. The molecule has 1 aliphatic rings. The number of nitrogens with zero attached hydrogens (tertiary/aromatic N) is 4.